The van der Waals surface area contributed by atoms with Crippen molar-refractivity contribution < 1.29 is 14.3 Å². The molecular formula is C22H23NO3. The van der Waals surface area contributed by atoms with Crippen LogP contribution in [0.25, 0.3) is 0 Å². The standard InChI is InChI=1S/C22H23NO3/c1-13-16(22(24)26-3)10-11-19-17-8-5-9-18(17)21(23-20(13)19)14-6-4-7-15(12-14)25-2/h4-8,10-12,17-18,21,23H,9H2,1-3H3/t17-,18-,21-/m1/s1. The molecule has 0 amide bonds. The van der Waals surface area contributed by atoms with Crippen molar-refractivity contribution in [1.29, 1.82) is 0 Å². The molecule has 4 nitrogen and oxygen atoms in total. The van der Waals surface area contributed by atoms with E-state index in [1.807, 2.05) is 25.1 Å². The average molecular weight is 349 g/mol. The summed E-state index contributed by atoms with van der Waals surface area (Å²) in [5.74, 6) is 1.37. The molecule has 0 unspecified atom stereocenters. The molecule has 0 fully saturated rings. The number of rotatable bonds is 3. The number of ether oxygens (including phenoxy) is 2. The molecule has 1 N–H and O–H groups in total. The summed E-state index contributed by atoms with van der Waals surface area (Å²) in [5.41, 5.74) is 5.07. The molecule has 0 saturated heterocycles. The van der Waals surface area contributed by atoms with Crippen LogP contribution in [0.4, 0.5) is 5.69 Å². The first-order chi connectivity index (χ1) is 12.6. The zero-order chi connectivity index (χ0) is 18.3. The molecule has 3 atom stereocenters. The lowest BCUT2D eigenvalue weighted by Crippen LogP contribution is -2.30. The Bertz CT molecular complexity index is 887. The molecule has 1 aliphatic heterocycles. The molecule has 2 aromatic carbocycles. The summed E-state index contributed by atoms with van der Waals surface area (Å²) in [7, 11) is 3.11. The summed E-state index contributed by atoms with van der Waals surface area (Å²) in [6.45, 7) is 1.99. The van der Waals surface area contributed by atoms with Crippen LogP contribution in [0, 0.1) is 12.8 Å². The quantitative estimate of drug-likeness (QED) is 0.649. The van der Waals surface area contributed by atoms with E-state index in [0.717, 1.165) is 23.4 Å². The summed E-state index contributed by atoms with van der Waals surface area (Å²) in [6.07, 6.45) is 5.61. The number of fused-ring (bicyclic) bond motifs is 3. The van der Waals surface area contributed by atoms with Crippen LogP contribution in [0.2, 0.25) is 0 Å². The largest absolute Gasteiger partial charge is 0.497 e. The van der Waals surface area contributed by atoms with Crippen molar-refractivity contribution in [2.24, 2.45) is 5.92 Å². The second kappa shape index (κ2) is 6.52. The molecule has 1 heterocycles. The number of allylic oxidation sites excluding steroid dienone is 2. The van der Waals surface area contributed by atoms with Gasteiger partial charge in [-0.3, -0.25) is 0 Å². The fourth-order valence-electron chi connectivity index (χ4n) is 4.31. The number of anilines is 1. The van der Waals surface area contributed by atoms with Crippen molar-refractivity contribution in [2.45, 2.75) is 25.3 Å². The van der Waals surface area contributed by atoms with Crippen LogP contribution in [-0.2, 0) is 4.74 Å². The maximum absolute atomic E-state index is 12.1. The summed E-state index contributed by atoms with van der Waals surface area (Å²) < 4.78 is 10.4. The number of hydrogen-bond acceptors (Lipinski definition) is 4. The number of carbonyl (C=O) groups excluding carboxylic acids is 1. The van der Waals surface area contributed by atoms with Crippen LogP contribution in [0.15, 0.2) is 48.6 Å². The minimum atomic E-state index is -0.297. The molecule has 0 spiro atoms. The topological polar surface area (TPSA) is 47.6 Å². The number of esters is 1. The van der Waals surface area contributed by atoms with Crippen LogP contribution in [-0.4, -0.2) is 20.2 Å². The van der Waals surface area contributed by atoms with Gasteiger partial charge >= 0.3 is 5.97 Å². The lowest BCUT2D eigenvalue weighted by Gasteiger charge is -2.38. The molecule has 0 radical (unpaired) electrons. The Morgan fingerprint density at radius 1 is 1.19 bits per heavy atom. The van der Waals surface area contributed by atoms with Crippen molar-refractivity contribution in [1.82, 2.24) is 0 Å². The van der Waals surface area contributed by atoms with E-state index in [9.17, 15) is 4.79 Å². The van der Waals surface area contributed by atoms with Gasteiger partial charge in [0.2, 0.25) is 0 Å². The molecule has 0 saturated carbocycles. The van der Waals surface area contributed by atoms with E-state index in [2.05, 4.69) is 35.7 Å². The zero-order valence-electron chi connectivity index (χ0n) is 15.3. The van der Waals surface area contributed by atoms with E-state index in [-0.39, 0.29) is 12.0 Å². The Morgan fingerprint density at radius 3 is 2.81 bits per heavy atom. The first-order valence-corrected chi connectivity index (χ1v) is 8.93. The van der Waals surface area contributed by atoms with E-state index >= 15 is 0 Å². The van der Waals surface area contributed by atoms with E-state index < -0.39 is 0 Å². The molecule has 1 aliphatic carbocycles. The number of benzene rings is 2. The normalized spacial score (nSPS) is 23.0. The first kappa shape index (κ1) is 16.7. The maximum Gasteiger partial charge on any atom is 0.338 e. The third-order valence-electron chi connectivity index (χ3n) is 5.66. The smallest absolute Gasteiger partial charge is 0.338 e. The molecule has 2 aromatic rings. The van der Waals surface area contributed by atoms with Crippen molar-refractivity contribution >= 4 is 11.7 Å². The van der Waals surface area contributed by atoms with Gasteiger partial charge in [-0.05, 0) is 54.2 Å². The maximum atomic E-state index is 12.1. The summed E-state index contributed by atoms with van der Waals surface area (Å²) >= 11 is 0. The van der Waals surface area contributed by atoms with E-state index in [4.69, 9.17) is 9.47 Å². The third-order valence-corrected chi connectivity index (χ3v) is 5.66. The van der Waals surface area contributed by atoms with Gasteiger partial charge in [0.25, 0.3) is 0 Å². The van der Waals surface area contributed by atoms with Gasteiger partial charge in [-0.1, -0.05) is 30.4 Å². The second-order valence-electron chi connectivity index (χ2n) is 6.95. The minimum absolute atomic E-state index is 0.171. The van der Waals surface area contributed by atoms with Crippen LogP contribution < -0.4 is 10.1 Å². The van der Waals surface area contributed by atoms with Crippen molar-refractivity contribution in [3.05, 3.63) is 70.8 Å². The zero-order valence-corrected chi connectivity index (χ0v) is 15.3. The number of methoxy groups -OCH3 is 2. The van der Waals surface area contributed by atoms with Gasteiger partial charge < -0.3 is 14.8 Å². The third kappa shape index (κ3) is 2.57. The highest BCUT2D eigenvalue weighted by Gasteiger charge is 2.39. The monoisotopic (exact) mass is 349 g/mol. The summed E-state index contributed by atoms with van der Waals surface area (Å²) in [6, 6.07) is 12.3. The van der Waals surface area contributed by atoms with Crippen molar-refractivity contribution in [3.63, 3.8) is 0 Å². The predicted molar refractivity (Wildman–Crippen MR) is 102 cm³/mol. The van der Waals surface area contributed by atoms with Gasteiger partial charge in [-0.2, -0.15) is 0 Å². The van der Waals surface area contributed by atoms with Crippen LogP contribution in [0.5, 0.6) is 5.75 Å². The molecule has 2 aliphatic rings. The van der Waals surface area contributed by atoms with Gasteiger partial charge in [0, 0.05) is 11.6 Å². The first-order valence-electron chi connectivity index (χ1n) is 8.93. The molecule has 134 valence electrons. The fourth-order valence-corrected chi connectivity index (χ4v) is 4.31. The second-order valence-corrected chi connectivity index (χ2v) is 6.95. The van der Waals surface area contributed by atoms with Gasteiger partial charge in [0.1, 0.15) is 5.75 Å². The molecule has 4 rings (SSSR count). The van der Waals surface area contributed by atoms with Crippen LogP contribution in [0.1, 0.15) is 45.4 Å². The molecular weight excluding hydrogens is 326 g/mol. The lowest BCUT2D eigenvalue weighted by atomic mass is 9.76. The molecule has 0 aromatic heterocycles. The highest BCUT2D eigenvalue weighted by Crippen LogP contribution is 2.51. The van der Waals surface area contributed by atoms with Crippen molar-refractivity contribution in [3.8, 4) is 5.75 Å². The Morgan fingerprint density at radius 2 is 2.04 bits per heavy atom. The van der Waals surface area contributed by atoms with Crippen LogP contribution in [0.3, 0.4) is 0 Å². The van der Waals surface area contributed by atoms with Gasteiger partial charge in [0.15, 0.2) is 0 Å². The van der Waals surface area contributed by atoms with E-state index in [0.29, 0.717) is 17.4 Å². The number of nitrogens with one attached hydrogen (secondary N) is 1. The van der Waals surface area contributed by atoms with Gasteiger partial charge in [-0.25, -0.2) is 4.79 Å². The van der Waals surface area contributed by atoms with E-state index in [1.54, 1.807) is 7.11 Å². The molecule has 4 heteroatoms. The van der Waals surface area contributed by atoms with Crippen molar-refractivity contribution in [2.75, 3.05) is 19.5 Å². The minimum Gasteiger partial charge on any atom is -0.497 e. The van der Waals surface area contributed by atoms with Gasteiger partial charge in [0.05, 0.1) is 25.8 Å². The van der Waals surface area contributed by atoms with E-state index in [1.165, 1.54) is 18.2 Å². The SMILES string of the molecule is COC(=O)c1ccc2c(c1C)N[C@H](c1cccc(OC)c1)[C@@H]1CC=C[C@@H]21. The Balaban J connectivity index is 1.81. The molecule has 26 heavy (non-hydrogen) atoms. The highest BCUT2D eigenvalue weighted by atomic mass is 16.5. The Hall–Kier alpha value is -2.75. The van der Waals surface area contributed by atoms with Gasteiger partial charge in [-0.15, -0.1) is 0 Å². The number of carbonyl (C=O) groups is 1. The average Bonchev–Trinajstić information content (AvgIpc) is 3.17. The fraction of sp³-hybridized carbons (Fsp3) is 0.318. The Labute approximate surface area is 153 Å². The summed E-state index contributed by atoms with van der Waals surface area (Å²) in [5, 5.41) is 3.72. The predicted octanol–water partition coefficient (Wildman–Crippen LogP) is 4.62. The summed E-state index contributed by atoms with van der Waals surface area (Å²) in [4.78, 5) is 12.1. The number of hydrogen-bond donors (Lipinski definition) is 1. The Kier molecular flexibility index (Phi) is 4.19. The highest BCUT2D eigenvalue weighted by molar-refractivity contribution is 5.93. The lowest BCUT2D eigenvalue weighted by molar-refractivity contribution is 0.0600. The molecule has 0 bridgehead atoms. The van der Waals surface area contributed by atoms with Crippen LogP contribution >= 0.6 is 0 Å².